The second-order valence-electron chi connectivity index (χ2n) is 7.06. The molecule has 5 heteroatoms. The maximum atomic E-state index is 13.0. The van der Waals surface area contributed by atoms with Crippen molar-refractivity contribution < 1.29 is 9.59 Å². The van der Waals surface area contributed by atoms with E-state index in [0.29, 0.717) is 5.56 Å². The fraction of sp³-hybridized carbons (Fsp3) is 0.160. The van der Waals surface area contributed by atoms with Crippen LogP contribution < -0.4 is 10.6 Å². The second-order valence-corrected chi connectivity index (χ2v) is 7.06. The molecule has 152 valence electrons. The highest BCUT2D eigenvalue weighted by Gasteiger charge is 2.22. The first-order chi connectivity index (χ1) is 14.5. The van der Waals surface area contributed by atoms with Crippen molar-refractivity contribution in [2.75, 3.05) is 0 Å². The zero-order valence-corrected chi connectivity index (χ0v) is 17.1. The maximum Gasteiger partial charge on any atom is 0.257 e. The van der Waals surface area contributed by atoms with Gasteiger partial charge < -0.3 is 10.6 Å². The van der Waals surface area contributed by atoms with Gasteiger partial charge in [0.2, 0.25) is 0 Å². The van der Waals surface area contributed by atoms with Gasteiger partial charge in [0.25, 0.3) is 11.8 Å². The Morgan fingerprint density at radius 2 is 1.27 bits per heavy atom. The number of hydrogen-bond acceptors (Lipinski definition) is 3. The molecular formula is C25H25N3O2. The molecule has 2 atom stereocenters. The summed E-state index contributed by atoms with van der Waals surface area (Å²) in [5.41, 5.74) is 2.64. The zero-order chi connectivity index (χ0) is 21.3. The molecule has 1 aromatic heterocycles. The summed E-state index contributed by atoms with van der Waals surface area (Å²) in [5.74, 6) is -0.874. The number of nitrogens with zero attached hydrogens (tertiary/aromatic N) is 1. The zero-order valence-electron chi connectivity index (χ0n) is 17.1. The van der Waals surface area contributed by atoms with E-state index in [9.17, 15) is 9.59 Å². The molecule has 0 saturated carbocycles. The number of pyridine rings is 1. The summed E-state index contributed by atoms with van der Waals surface area (Å²) in [7, 11) is 0. The molecule has 0 radical (unpaired) electrons. The molecule has 0 aliphatic heterocycles. The number of carbonyl (C=O) groups is 2. The number of rotatable bonds is 7. The molecular weight excluding hydrogens is 374 g/mol. The molecule has 2 aromatic carbocycles. The molecule has 0 bridgehead atoms. The summed E-state index contributed by atoms with van der Waals surface area (Å²) in [5, 5.41) is 5.84. The molecule has 0 aliphatic carbocycles. The second kappa shape index (κ2) is 10.2. The van der Waals surface area contributed by atoms with E-state index in [1.54, 1.807) is 30.6 Å². The van der Waals surface area contributed by atoms with Gasteiger partial charge in [-0.05, 0) is 42.7 Å². The third-order valence-corrected chi connectivity index (χ3v) is 4.78. The minimum atomic E-state index is -0.437. The molecule has 0 fully saturated rings. The van der Waals surface area contributed by atoms with Gasteiger partial charge in [0, 0.05) is 12.4 Å². The van der Waals surface area contributed by atoms with E-state index in [0.717, 1.165) is 11.1 Å². The van der Waals surface area contributed by atoms with Gasteiger partial charge >= 0.3 is 0 Å². The summed E-state index contributed by atoms with van der Waals surface area (Å²) in [6, 6.07) is 22.3. The van der Waals surface area contributed by atoms with Crippen LogP contribution in [-0.4, -0.2) is 16.8 Å². The smallest absolute Gasteiger partial charge is 0.257 e. The minimum absolute atomic E-state index is 0.0357. The number of benzene rings is 2. The number of carbonyl (C=O) groups excluding carboxylic acids is 2. The van der Waals surface area contributed by atoms with Crippen LogP contribution in [0.3, 0.4) is 0 Å². The average molecular weight is 399 g/mol. The van der Waals surface area contributed by atoms with Crippen molar-refractivity contribution in [3.05, 3.63) is 107 Å². The summed E-state index contributed by atoms with van der Waals surface area (Å²) >= 11 is 0. The van der Waals surface area contributed by atoms with Crippen LogP contribution in [0, 0.1) is 0 Å². The molecule has 1 heterocycles. The average Bonchev–Trinajstić information content (AvgIpc) is 2.79. The number of amides is 2. The van der Waals surface area contributed by atoms with Crippen LogP contribution in [0.1, 0.15) is 42.6 Å². The fourth-order valence-electron chi connectivity index (χ4n) is 3.06. The van der Waals surface area contributed by atoms with E-state index in [-0.39, 0.29) is 17.7 Å². The van der Waals surface area contributed by atoms with Gasteiger partial charge in [0.15, 0.2) is 0 Å². The van der Waals surface area contributed by atoms with Crippen LogP contribution in [0.2, 0.25) is 0 Å². The highest BCUT2D eigenvalue weighted by Crippen LogP contribution is 2.16. The molecule has 2 amide bonds. The quantitative estimate of drug-likeness (QED) is 0.355. The lowest BCUT2D eigenvalue weighted by molar-refractivity contribution is -0.124. The molecule has 2 N–H and O–H groups in total. The van der Waals surface area contributed by atoms with Gasteiger partial charge in [-0.15, -0.1) is 0 Å². The first-order valence-corrected chi connectivity index (χ1v) is 9.88. The number of hydrogen-bond donors (Lipinski definition) is 2. The van der Waals surface area contributed by atoms with Gasteiger partial charge in [0.05, 0.1) is 12.1 Å². The maximum absolute atomic E-state index is 13.0. The van der Waals surface area contributed by atoms with Crippen molar-refractivity contribution in [3.8, 4) is 0 Å². The molecule has 0 aliphatic rings. The Bertz CT molecular complexity index is 941. The van der Waals surface area contributed by atoms with Crippen molar-refractivity contribution in [1.82, 2.24) is 15.6 Å². The SMILES string of the molecule is CC(NC(=O)C(=Cc1cccnc1)C(=O)NC(C)c1ccccc1)c1ccccc1. The first kappa shape index (κ1) is 21.0. The van der Waals surface area contributed by atoms with Crippen molar-refractivity contribution in [3.63, 3.8) is 0 Å². The van der Waals surface area contributed by atoms with Crippen LogP contribution in [0.4, 0.5) is 0 Å². The van der Waals surface area contributed by atoms with Crippen LogP contribution in [0.5, 0.6) is 0 Å². The molecule has 2 unspecified atom stereocenters. The predicted molar refractivity (Wildman–Crippen MR) is 118 cm³/mol. The van der Waals surface area contributed by atoms with E-state index in [1.807, 2.05) is 74.5 Å². The Morgan fingerprint density at radius 3 is 1.70 bits per heavy atom. The lowest BCUT2D eigenvalue weighted by atomic mass is 10.1. The van der Waals surface area contributed by atoms with Gasteiger partial charge in [-0.2, -0.15) is 0 Å². The number of aromatic nitrogens is 1. The third-order valence-electron chi connectivity index (χ3n) is 4.78. The summed E-state index contributed by atoms with van der Waals surface area (Å²) < 4.78 is 0. The third kappa shape index (κ3) is 5.64. The highest BCUT2D eigenvalue weighted by atomic mass is 16.2. The van der Waals surface area contributed by atoms with Gasteiger partial charge in [-0.3, -0.25) is 14.6 Å². The minimum Gasteiger partial charge on any atom is -0.345 e. The summed E-state index contributed by atoms with van der Waals surface area (Å²) in [6.07, 6.45) is 4.82. The molecule has 3 aromatic rings. The predicted octanol–water partition coefficient (Wildman–Crippen LogP) is 4.22. The van der Waals surface area contributed by atoms with Crippen LogP contribution in [0.25, 0.3) is 6.08 Å². The molecule has 5 nitrogen and oxygen atoms in total. The Morgan fingerprint density at radius 1 is 0.767 bits per heavy atom. The first-order valence-electron chi connectivity index (χ1n) is 9.88. The van der Waals surface area contributed by atoms with Crippen molar-refractivity contribution in [1.29, 1.82) is 0 Å². The highest BCUT2D eigenvalue weighted by molar-refractivity contribution is 6.21. The Hall–Kier alpha value is -3.73. The lowest BCUT2D eigenvalue weighted by Crippen LogP contribution is -2.36. The van der Waals surface area contributed by atoms with E-state index in [2.05, 4.69) is 15.6 Å². The molecule has 0 saturated heterocycles. The molecule has 0 spiro atoms. The largest absolute Gasteiger partial charge is 0.345 e. The van der Waals surface area contributed by atoms with E-state index in [4.69, 9.17) is 0 Å². The standard InChI is InChI=1S/C25H25N3O2/c1-18(21-11-5-3-6-12-21)27-24(29)23(16-20-10-9-15-26-17-20)25(30)28-19(2)22-13-7-4-8-14-22/h3-19H,1-2H3,(H,27,29)(H,28,30). The topological polar surface area (TPSA) is 71.1 Å². The van der Waals surface area contributed by atoms with Crippen LogP contribution >= 0.6 is 0 Å². The van der Waals surface area contributed by atoms with E-state index < -0.39 is 11.8 Å². The number of nitrogens with one attached hydrogen (secondary N) is 2. The van der Waals surface area contributed by atoms with E-state index >= 15 is 0 Å². The van der Waals surface area contributed by atoms with Crippen molar-refractivity contribution in [2.24, 2.45) is 0 Å². The van der Waals surface area contributed by atoms with Crippen molar-refractivity contribution >= 4 is 17.9 Å². The van der Waals surface area contributed by atoms with Gasteiger partial charge in [-0.25, -0.2) is 0 Å². The summed E-state index contributed by atoms with van der Waals surface area (Å²) in [4.78, 5) is 30.1. The van der Waals surface area contributed by atoms with Gasteiger partial charge in [-0.1, -0.05) is 66.7 Å². The Balaban J connectivity index is 1.82. The van der Waals surface area contributed by atoms with Crippen molar-refractivity contribution in [2.45, 2.75) is 25.9 Å². The molecule has 3 rings (SSSR count). The Kier molecular flexibility index (Phi) is 7.11. The van der Waals surface area contributed by atoms with Crippen LogP contribution in [0.15, 0.2) is 90.8 Å². The van der Waals surface area contributed by atoms with Gasteiger partial charge in [0.1, 0.15) is 5.57 Å². The summed E-state index contributed by atoms with van der Waals surface area (Å²) in [6.45, 7) is 3.78. The normalized spacial score (nSPS) is 12.3. The molecule has 30 heavy (non-hydrogen) atoms. The van der Waals surface area contributed by atoms with E-state index in [1.165, 1.54) is 0 Å². The Labute approximate surface area is 176 Å². The fourth-order valence-corrected chi connectivity index (χ4v) is 3.06. The van der Waals surface area contributed by atoms with Crippen LogP contribution in [-0.2, 0) is 9.59 Å². The lowest BCUT2D eigenvalue weighted by Gasteiger charge is -2.18. The monoisotopic (exact) mass is 399 g/mol.